The number of hydrogen-bond donors (Lipinski definition) is 4. The molecule has 0 heterocycles. The first-order valence-corrected chi connectivity index (χ1v) is 2.48. The summed E-state index contributed by atoms with van der Waals surface area (Å²) in [6.45, 7) is 3.12. The summed E-state index contributed by atoms with van der Waals surface area (Å²) < 4.78 is 0. The van der Waals surface area contributed by atoms with Crippen LogP contribution in [-0.2, 0) is 0 Å². The van der Waals surface area contributed by atoms with E-state index >= 15 is 0 Å². The van der Waals surface area contributed by atoms with Gasteiger partial charge in [-0.25, -0.2) is 0 Å². The summed E-state index contributed by atoms with van der Waals surface area (Å²) in [6, 6.07) is 0. The van der Waals surface area contributed by atoms with E-state index in [0.29, 0.717) is 5.84 Å². The van der Waals surface area contributed by atoms with Crippen molar-refractivity contribution in [2.24, 2.45) is 27.6 Å². The summed E-state index contributed by atoms with van der Waals surface area (Å²) in [5.74, 6) is 5.23. The van der Waals surface area contributed by atoms with E-state index in [1.54, 1.807) is 6.92 Å². The van der Waals surface area contributed by atoms with Crippen LogP contribution in [0.1, 0.15) is 21.3 Å². The monoisotopic (exact) mass is 163 g/mol. The van der Waals surface area contributed by atoms with Gasteiger partial charge in [0.05, 0.1) is 0 Å². The van der Waals surface area contributed by atoms with E-state index in [4.69, 9.17) is 16.7 Å². The van der Waals surface area contributed by atoms with Crippen LogP contribution in [0.5, 0.6) is 0 Å². The normalized spacial score (nSPS) is 10.7. The number of rotatable bonds is 0. The van der Waals surface area contributed by atoms with Crippen LogP contribution in [0.25, 0.3) is 0 Å². The standard InChI is InChI=1S/C2H7N3.C2H6N2O.CH4/c1-2(3)5-4;1-2(3)4-5;/h4H2,1H3,(H2,3,5);5H,1H3,(H2,3,4);1H4. The number of nitrogens with zero attached hydrogens (tertiary/aromatic N) is 2. The second-order valence-electron chi connectivity index (χ2n) is 1.51. The Kier molecular flexibility index (Phi) is 16.8. The zero-order valence-electron chi connectivity index (χ0n) is 6.07. The molecule has 0 amide bonds. The highest BCUT2D eigenvalue weighted by Gasteiger charge is 1.64. The molecule has 0 aromatic rings. The maximum absolute atomic E-state index is 7.61. The Balaban J connectivity index is -0.000000107. The van der Waals surface area contributed by atoms with Crippen molar-refractivity contribution in [2.75, 3.05) is 0 Å². The van der Waals surface area contributed by atoms with Crippen molar-refractivity contribution in [1.29, 1.82) is 0 Å². The van der Waals surface area contributed by atoms with Gasteiger partial charge in [0.15, 0.2) is 0 Å². The molecular formula is C5H17N5O. The molecule has 6 heteroatoms. The van der Waals surface area contributed by atoms with Gasteiger partial charge in [0, 0.05) is 0 Å². The van der Waals surface area contributed by atoms with E-state index in [2.05, 4.69) is 16.1 Å². The molecule has 0 saturated carbocycles. The van der Waals surface area contributed by atoms with E-state index in [-0.39, 0.29) is 13.3 Å². The lowest BCUT2D eigenvalue weighted by molar-refractivity contribution is 0.318. The molecule has 0 fully saturated rings. The molecule has 0 aromatic carbocycles. The first-order valence-electron chi connectivity index (χ1n) is 2.48. The molecule has 0 aromatic heterocycles. The molecule has 0 unspecified atom stereocenters. The van der Waals surface area contributed by atoms with Gasteiger partial charge < -0.3 is 22.5 Å². The van der Waals surface area contributed by atoms with Crippen molar-refractivity contribution < 1.29 is 5.21 Å². The smallest absolute Gasteiger partial charge is 0.135 e. The molecular weight excluding hydrogens is 146 g/mol. The van der Waals surface area contributed by atoms with Crippen molar-refractivity contribution in [2.45, 2.75) is 21.3 Å². The maximum atomic E-state index is 7.61. The van der Waals surface area contributed by atoms with Crippen molar-refractivity contribution in [3.8, 4) is 0 Å². The lowest BCUT2D eigenvalue weighted by Gasteiger charge is -1.75. The topological polar surface area (TPSA) is 123 Å². The van der Waals surface area contributed by atoms with Gasteiger partial charge in [0.1, 0.15) is 11.7 Å². The highest BCUT2D eigenvalue weighted by atomic mass is 16.4. The fraction of sp³-hybridized carbons (Fsp3) is 0.600. The van der Waals surface area contributed by atoms with Crippen LogP contribution in [0, 0.1) is 0 Å². The Morgan fingerprint density at radius 2 is 1.36 bits per heavy atom. The molecule has 0 saturated heterocycles. The van der Waals surface area contributed by atoms with E-state index in [1.165, 1.54) is 6.92 Å². The second kappa shape index (κ2) is 11.4. The Morgan fingerprint density at radius 1 is 1.18 bits per heavy atom. The minimum atomic E-state index is 0. The van der Waals surface area contributed by atoms with Gasteiger partial charge in [-0.3, -0.25) is 0 Å². The second-order valence-corrected chi connectivity index (χ2v) is 1.51. The highest BCUT2D eigenvalue weighted by Crippen LogP contribution is 1.51. The number of hydrazone groups is 1. The summed E-state index contributed by atoms with van der Waals surface area (Å²) in [6.07, 6.45) is 0. The number of hydrogen-bond acceptors (Lipinski definition) is 4. The average Bonchev–Trinajstić information content (AvgIpc) is 1.89. The lowest BCUT2D eigenvalue weighted by Crippen LogP contribution is -2.07. The molecule has 0 aliphatic heterocycles. The van der Waals surface area contributed by atoms with E-state index in [9.17, 15) is 0 Å². The molecule has 7 N–H and O–H groups in total. The van der Waals surface area contributed by atoms with Gasteiger partial charge in [0.25, 0.3) is 0 Å². The zero-order chi connectivity index (χ0) is 8.57. The van der Waals surface area contributed by atoms with E-state index in [0.717, 1.165) is 0 Å². The highest BCUT2D eigenvalue weighted by molar-refractivity contribution is 5.77. The van der Waals surface area contributed by atoms with Crippen molar-refractivity contribution in [3.05, 3.63) is 0 Å². The molecule has 0 aliphatic rings. The molecule has 0 atom stereocenters. The lowest BCUT2D eigenvalue weighted by atomic mass is 10.7. The fourth-order valence-electron chi connectivity index (χ4n) is 0. The van der Waals surface area contributed by atoms with Crippen LogP contribution in [0.4, 0.5) is 0 Å². The van der Waals surface area contributed by atoms with E-state index < -0.39 is 0 Å². The zero-order valence-corrected chi connectivity index (χ0v) is 6.07. The molecule has 6 nitrogen and oxygen atoms in total. The SMILES string of the molecule is C.C/C(N)=N/O.CC(N)=NN. The van der Waals surface area contributed by atoms with Gasteiger partial charge in [-0.2, -0.15) is 5.10 Å². The van der Waals surface area contributed by atoms with Gasteiger partial charge in [-0.05, 0) is 13.8 Å². The largest absolute Gasteiger partial charge is 0.409 e. The third-order valence-corrected chi connectivity index (χ3v) is 0.361. The molecule has 0 spiro atoms. The summed E-state index contributed by atoms with van der Waals surface area (Å²) in [5.41, 5.74) is 9.71. The van der Waals surface area contributed by atoms with Crippen LogP contribution >= 0.6 is 0 Å². The Labute approximate surface area is 66.7 Å². The van der Waals surface area contributed by atoms with Crippen LogP contribution in [0.3, 0.4) is 0 Å². The van der Waals surface area contributed by atoms with Crippen LogP contribution < -0.4 is 17.3 Å². The first-order chi connectivity index (χ1) is 4.54. The van der Waals surface area contributed by atoms with E-state index in [1.807, 2.05) is 0 Å². The van der Waals surface area contributed by atoms with Gasteiger partial charge >= 0.3 is 0 Å². The van der Waals surface area contributed by atoms with Crippen molar-refractivity contribution in [3.63, 3.8) is 0 Å². The number of oxime groups is 1. The minimum absolute atomic E-state index is 0. The molecule has 0 radical (unpaired) electrons. The van der Waals surface area contributed by atoms with Gasteiger partial charge in [-0.15, -0.1) is 0 Å². The van der Waals surface area contributed by atoms with Crippen molar-refractivity contribution >= 4 is 11.7 Å². The molecule has 0 bridgehead atoms. The number of nitrogens with two attached hydrogens (primary N) is 3. The third kappa shape index (κ3) is 56.6. The fourth-order valence-corrected chi connectivity index (χ4v) is 0. The van der Waals surface area contributed by atoms with Crippen LogP contribution in [-0.4, -0.2) is 16.9 Å². The first kappa shape index (κ1) is 16.3. The third-order valence-electron chi connectivity index (χ3n) is 0.361. The summed E-state index contributed by atoms with van der Waals surface area (Å²) in [4.78, 5) is 0. The van der Waals surface area contributed by atoms with Crippen LogP contribution in [0.2, 0.25) is 0 Å². The predicted octanol–water partition coefficient (Wildman–Crippen LogP) is -0.374. The minimum Gasteiger partial charge on any atom is -0.409 e. The summed E-state index contributed by atoms with van der Waals surface area (Å²) >= 11 is 0. The average molecular weight is 163 g/mol. The van der Waals surface area contributed by atoms with Crippen molar-refractivity contribution in [1.82, 2.24) is 0 Å². The quantitative estimate of drug-likeness (QED) is 0.128. The molecule has 0 aliphatic carbocycles. The number of amidine groups is 2. The van der Waals surface area contributed by atoms with Gasteiger partial charge in [0.2, 0.25) is 0 Å². The Hall–Kier alpha value is -1.46. The maximum Gasteiger partial charge on any atom is 0.135 e. The van der Waals surface area contributed by atoms with Gasteiger partial charge in [-0.1, -0.05) is 12.6 Å². The predicted molar refractivity (Wildman–Crippen MR) is 47.3 cm³/mol. The summed E-state index contributed by atoms with van der Waals surface area (Å²) in [7, 11) is 0. The van der Waals surface area contributed by atoms with Crippen LogP contribution in [0.15, 0.2) is 10.3 Å². The molecule has 11 heavy (non-hydrogen) atoms. The summed E-state index contributed by atoms with van der Waals surface area (Å²) in [5, 5.41) is 13.3. The molecule has 0 rings (SSSR count). The Bertz CT molecular complexity index is 107. The molecule has 68 valence electrons. The Morgan fingerprint density at radius 3 is 1.36 bits per heavy atom.